The average molecular weight is 314 g/mol. The largest absolute Gasteiger partial charge is 0.465 e. The SMILES string of the molecule is CCOC(=O)C1CCCCN1Cc1c(Cl)c(C)nn1CC. The van der Waals surface area contributed by atoms with Crippen molar-refractivity contribution in [2.45, 2.75) is 59.2 Å². The van der Waals surface area contributed by atoms with Crippen molar-refractivity contribution in [2.24, 2.45) is 0 Å². The fraction of sp³-hybridized carbons (Fsp3) is 0.733. The Morgan fingerprint density at radius 2 is 2.19 bits per heavy atom. The maximum atomic E-state index is 12.1. The molecular formula is C15H24ClN3O2. The predicted molar refractivity (Wildman–Crippen MR) is 82.3 cm³/mol. The number of nitrogens with zero attached hydrogens (tertiary/aromatic N) is 3. The predicted octanol–water partition coefficient (Wildman–Crippen LogP) is 2.78. The lowest BCUT2D eigenvalue weighted by Crippen LogP contribution is -2.45. The van der Waals surface area contributed by atoms with E-state index in [1.165, 1.54) is 0 Å². The van der Waals surface area contributed by atoms with Crippen LogP contribution in [0.2, 0.25) is 5.02 Å². The fourth-order valence-corrected chi connectivity index (χ4v) is 3.09. The number of likely N-dealkylation sites (tertiary alicyclic amines) is 1. The maximum absolute atomic E-state index is 12.1. The molecule has 5 nitrogen and oxygen atoms in total. The second-order valence-corrected chi connectivity index (χ2v) is 5.77. The molecule has 0 aromatic carbocycles. The topological polar surface area (TPSA) is 47.4 Å². The zero-order valence-electron chi connectivity index (χ0n) is 13.1. The van der Waals surface area contributed by atoms with Gasteiger partial charge in [-0.1, -0.05) is 18.0 Å². The molecule has 0 N–H and O–H groups in total. The summed E-state index contributed by atoms with van der Waals surface area (Å²) in [4.78, 5) is 14.3. The van der Waals surface area contributed by atoms with Crippen LogP contribution in [0.15, 0.2) is 0 Å². The molecule has 1 aromatic rings. The zero-order valence-corrected chi connectivity index (χ0v) is 13.8. The third-order valence-corrected chi connectivity index (χ3v) is 4.47. The van der Waals surface area contributed by atoms with E-state index >= 15 is 0 Å². The number of aryl methyl sites for hydroxylation is 2. The molecule has 0 bridgehead atoms. The molecule has 118 valence electrons. The second kappa shape index (κ2) is 7.27. The molecule has 1 aromatic heterocycles. The molecule has 0 aliphatic carbocycles. The summed E-state index contributed by atoms with van der Waals surface area (Å²) in [7, 11) is 0. The molecule has 1 unspecified atom stereocenters. The van der Waals surface area contributed by atoms with E-state index in [-0.39, 0.29) is 12.0 Å². The lowest BCUT2D eigenvalue weighted by Gasteiger charge is -2.34. The van der Waals surface area contributed by atoms with E-state index in [4.69, 9.17) is 16.3 Å². The lowest BCUT2D eigenvalue weighted by atomic mass is 10.0. The van der Waals surface area contributed by atoms with Gasteiger partial charge in [-0.3, -0.25) is 14.4 Å². The number of esters is 1. The number of hydrogen-bond donors (Lipinski definition) is 0. The number of aromatic nitrogens is 2. The van der Waals surface area contributed by atoms with Crippen LogP contribution in [-0.4, -0.2) is 39.8 Å². The number of carbonyl (C=O) groups is 1. The monoisotopic (exact) mass is 313 g/mol. The van der Waals surface area contributed by atoms with Crippen molar-refractivity contribution in [3.05, 3.63) is 16.4 Å². The Kier molecular flexibility index (Phi) is 5.65. The van der Waals surface area contributed by atoms with Crippen LogP contribution >= 0.6 is 11.6 Å². The van der Waals surface area contributed by atoms with Crippen LogP contribution < -0.4 is 0 Å². The molecule has 0 saturated carbocycles. The summed E-state index contributed by atoms with van der Waals surface area (Å²) in [5.74, 6) is -0.118. The molecule has 0 amide bonds. The molecule has 0 spiro atoms. The third kappa shape index (κ3) is 3.58. The summed E-state index contributed by atoms with van der Waals surface area (Å²) in [5.41, 5.74) is 1.84. The molecule has 1 aliphatic rings. The first-order valence-corrected chi connectivity index (χ1v) is 8.08. The van der Waals surface area contributed by atoms with Gasteiger partial charge in [0, 0.05) is 13.1 Å². The Morgan fingerprint density at radius 1 is 1.43 bits per heavy atom. The Labute approximate surface area is 131 Å². The molecule has 6 heteroatoms. The Balaban J connectivity index is 2.17. The second-order valence-electron chi connectivity index (χ2n) is 5.40. The molecule has 1 aliphatic heterocycles. The summed E-state index contributed by atoms with van der Waals surface area (Å²) in [6.45, 7) is 8.56. The molecule has 1 saturated heterocycles. The van der Waals surface area contributed by atoms with Gasteiger partial charge < -0.3 is 4.74 Å². The average Bonchev–Trinajstić information content (AvgIpc) is 2.76. The molecule has 0 radical (unpaired) electrons. The van der Waals surface area contributed by atoms with Gasteiger partial charge in [-0.15, -0.1) is 0 Å². The lowest BCUT2D eigenvalue weighted by molar-refractivity contribution is -0.151. The van der Waals surface area contributed by atoms with Gasteiger partial charge >= 0.3 is 5.97 Å². The molecular weight excluding hydrogens is 290 g/mol. The van der Waals surface area contributed by atoms with Crippen LogP contribution in [0.4, 0.5) is 0 Å². The summed E-state index contributed by atoms with van der Waals surface area (Å²) in [6.07, 6.45) is 3.03. The van der Waals surface area contributed by atoms with Gasteiger partial charge in [0.25, 0.3) is 0 Å². The van der Waals surface area contributed by atoms with Crippen molar-refractivity contribution in [3.8, 4) is 0 Å². The molecule has 2 rings (SSSR count). The first-order chi connectivity index (χ1) is 10.1. The number of carbonyl (C=O) groups excluding carboxylic acids is 1. The first kappa shape index (κ1) is 16.3. The summed E-state index contributed by atoms with van der Waals surface area (Å²) >= 11 is 6.37. The smallest absolute Gasteiger partial charge is 0.323 e. The minimum absolute atomic E-state index is 0.118. The standard InChI is InChI=1S/C15H24ClN3O2/c1-4-19-13(14(16)11(3)17-19)10-18-9-7-6-8-12(18)15(20)21-5-2/h12H,4-10H2,1-3H3. The highest BCUT2D eigenvalue weighted by Gasteiger charge is 2.31. The van der Waals surface area contributed by atoms with Crippen LogP contribution in [-0.2, 0) is 22.6 Å². The van der Waals surface area contributed by atoms with Crippen LogP contribution in [0.5, 0.6) is 0 Å². The zero-order chi connectivity index (χ0) is 15.4. The molecule has 1 atom stereocenters. The van der Waals surface area contributed by atoms with Crippen LogP contribution in [0.1, 0.15) is 44.5 Å². The Morgan fingerprint density at radius 3 is 2.86 bits per heavy atom. The van der Waals surface area contributed by atoms with Crippen molar-refractivity contribution in [3.63, 3.8) is 0 Å². The minimum atomic E-state index is -0.157. The van der Waals surface area contributed by atoms with Gasteiger partial charge in [-0.25, -0.2) is 0 Å². The first-order valence-electron chi connectivity index (χ1n) is 7.70. The summed E-state index contributed by atoms with van der Waals surface area (Å²) in [5, 5.41) is 5.16. The fourth-order valence-electron chi connectivity index (χ4n) is 2.90. The van der Waals surface area contributed by atoms with Crippen LogP contribution in [0, 0.1) is 6.92 Å². The number of hydrogen-bond acceptors (Lipinski definition) is 4. The highest BCUT2D eigenvalue weighted by Crippen LogP contribution is 2.26. The van der Waals surface area contributed by atoms with E-state index in [1.807, 2.05) is 25.5 Å². The van der Waals surface area contributed by atoms with E-state index in [9.17, 15) is 4.79 Å². The Bertz CT molecular complexity index is 501. The highest BCUT2D eigenvalue weighted by molar-refractivity contribution is 6.31. The van der Waals surface area contributed by atoms with E-state index < -0.39 is 0 Å². The van der Waals surface area contributed by atoms with Gasteiger partial charge in [0.2, 0.25) is 0 Å². The van der Waals surface area contributed by atoms with Crippen molar-refractivity contribution in [1.82, 2.24) is 14.7 Å². The number of rotatable bonds is 5. The quantitative estimate of drug-likeness (QED) is 0.784. The van der Waals surface area contributed by atoms with Gasteiger partial charge in [-0.2, -0.15) is 5.10 Å². The van der Waals surface area contributed by atoms with E-state index in [2.05, 4.69) is 10.00 Å². The van der Waals surface area contributed by atoms with Crippen molar-refractivity contribution >= 4 is 17.6 Å². The van der Waals surface area contributed by atoms with Gasteiger partial charge in [0.1, 0.15) is 6.04 Å². The highest BCUT2D eigenvalue weighted by atomic mass is 35.5. The molecule has 1 fully saturated rings. The van der Waals surface area contributed by atoms with Crippen molar-refractivity contribution in [2.75, 3.05) is 13.2 Å². The summed E-state index contributed by atoms with van der Waals surface area (Å²) in [6, 6.07) is -0.157. The molecule has 2 heterocycles. The minimum Gasteiger partial charge on any atom is -0.465 e. The maximum Gasteiger partial charge on any atom is 0.323 e. The normalized spacial score (nSPS) is 19.7. The van der Waals surface area contributed by atoms with Crippen LogP contribution in [0.25, 0.3) is 0 Å². The van der Waals surface area contributed by atoms with Crippen molar-refractivity contribution in [1.29, 1.82) is 0 Å². The molecule has 21 heavy (non-hydrogen) atoms. The van der Waals surface area contributed by atoms with E-state index in [0.29, 0.717) is 18.2 Å². The number of piperidine rings is 1. The van der Waals surface area contributed by atoms with E-state index in [1.54, 1.807) is 0 Å². The van der Waals surface area contributed by atoms with Gasteiger partial charge in [0.05, 0.1) is 23.0 Å². The van der Waals surface area contributed by atoms with E-state index in [0.717, 1.165) is 43.7 Å². The van der Waals surface area contributed by atoms with Crippen LogP contribution in [0.3, 0.4) is 0 Å². The summed E-state index contributed by atoms with van der Waals surface area (Å²) < 4.78 is 7.13. The van der Waals surface area contributed by atoms with Gasteiger partial charge in [0.15, 0.2) is 0 Å². The number of halogens is 1. The third-order valence-electron chi connectivity index (χ3n) is 3.98. The Hall–Kier alpha value is -1.07. The number of ether oxygens (including phenoxy) is 1. The van der Waals surface area contributed by atoms with Gasteiger partial charge in [-0.05, 0) is 40.2 Å². The van der Waals surface area contributed by atoms with Crippen molar-refractivity contribution < 1.29 is 9.53 Å².